The first-order valence-electron chi connectivity index (χ1n) is 8.13. The van der Waals surface area contributed by atoms with Gasteiger partial charge in [-0.15, -0.1) is 0 Å². The second-order valence-electron chi connectivity index (χ2n) is 6.56. The molecule has 2 aromatic rings. The second-order valence-corrected chi connectivity index (χ2v) is 6.56. The number of nitrogens with zero attached hydrogens (tertiary/aromatic N) is 5. The normalized spacial score (nSPS) is 20.1. The van der Waals surface area contributed by atoms with Crippen molar-refractivity contribution < 1.29 is 5.11 Å². The van der Waals surface area contributed by atoms with Crippen molar-refractivity contribution in [3.05, 3.63) is 35.7 Å². The summed E-state index contributed by atoms with van der Waals surface area (Å²) in [7, 11) is 2.15. The van der Waals surface area contributed by atoms with Crippen LogP contribution < -0.4 is 0 Å². The fourth-order valence-corrected chi connectivity index (χ4v) is 3.45. The average molecular weight is 301 g/mol. The molecule has 6 heteroatoms. The fraction of sp³-hybridized carbons (Fsp3) is 0.625. The van der Waals surface area contributed by atoms with Crippen LogP contribution >= 0.6 is 0 Å². The maximum absolute atomic E-state index is 10.3. The van der Waals surface area contributed by atoms with Gasteiger partial charge in [-0.25, -0.2) is 4.98 Å². The largest absolute Gasteiger partial charge is 0.390 e. The van der Waals surface area contributed by atoms with Gasteiger partial charge in [-0.3, -0.25) is 9.58 Å². The number of rotatable bonds is 5. The number of β-amino-alcohol motifs (C(OH)–C–C–N with tert-alkyl or cyclic N) is 1. The van der Waals surface area contributed by atoms with Gasteiger partial charge in [-0.1, -0.05) is 0 Å². The number of imidazole rings is 1. The number of aliphatic hydroxyl groups excluding tert-OH is 1. The van der Waals surface area contributed by atoms with E-state index in [-0.39, 0.29) is 0 Å². The Labute approximate surface area is 130 Å². The van der Waals surface area contributed by atoms with Crippen molar-refractivity contribution in [1.82, 2.24) is 24.2 Å². The lowest BCUT2D eigenvalue weighted by atomic mass is 10.1. The highest BCUT2D eigenvalue weighted by atomic mass is 16.3. The van der Waals surface area contributed by atoms with E-state index in [1.807, 2.05) is 12.3 Å². The third-order valence-corrected chi connectivity index (χ3v) is 4.74. The zero-order valence-electron chi connectivity index (χ0n) is 13.0. The SMILES string of the molecule is Cn1c(C2CC2)nc2c1CCN(CC(O)Cn1cccn1)C2. The Kier molecular flexibility index (Phi) is 3.50. The molecule has 0 amide bonds. The minimum Gasteiger partial charge on any atom is -0.390 e. The van der Waals surface area contributed by atoms with Gasteiger partial charge in [0.25, 0.3) is 0 Å². The minimum atomic E-state index is -0.395. The van der Waals surface area contributed by atoms with Gasteiger partial charge in [0.1, 0.15) is 5.82 Å². The summed E-state index contributed by atoms with van der Waals surface area (Å²) >= 11 is 0. The van der Waals surface area contributed by atoms with E-state index < -0.39 is 6.10 Å². The van der Waals surface area contributed by atoms with Gasteiger partial charge in [0, 0.05) is 57.1 Å². The van der Waals surface area contributed by atoms with E-state index in [0.29, 0.717) is 19.0 Å². The lowest BCUT2D eigenvalue weighted by Crippen LogP contribution is -2.38. The summed E-state index contributed by atoms with van der Waals surface area (Å²) in [6, 6.07) is 1.88. The minimum absolute atomic E-state index is 0.395. The van der Waals surface area contributed by atoms with Crippen LogP contribution in [0.25, 0.3) is 0 Å². The molecule has 1 atom stereocenters. The molecular formula is C16H23N5O. The molecule has 1 unspecified atom stereocenters. The molecular weight excluding hydrogens is 278 g/mol. The maximum atomic E-state index is 10.3. The van der Waals surface area contributed by atoms with Crippen molar-refractivity contribution in [3.8, 4) is 0 Å². The molecule has 118 valence electrons. The summed E-state index contributed by atoms with van der Waals surface area (Å²) in [4.78, 5) is 7.17. The molecule has 2 aromatic heterocycles. The molecule has 1 saturated carbocycles. The van der Waals surface area contributed by atoms with Crippen molar-refractivity contribution in [3.63, 3.8) is 0 Å². The second kappa shape index (κ2) is 5.52. The number of aliphatic hydroxyl groups is 1. The Morgan fingerprint density at radius 3 is 2.95 bits per heavy atom. The van der Waals surface area contributed by atoms with Crippen LogP contribution in [0.1, 0.15) is 36.0 Å². The first kappa shape index (κ1) is 14.0. The van der Waals surface area contributed by atoms with Gasteiger partial charge in [0.2, 0.25) is 0 Å². The van der Waals surface area contributed by atoms with Crippen LogP contribution in [-0.2, 0) is 26.6 Å². The van der Waals surface area contributed by atoms with Gasteiger partial charge in [-0.2, -0.15) is 5.10 Å². The Balaban J connectivity index is 1.40. The molecule has 1 aliphatic heterocycles. The van der Waals surface area contributed by atoms with Crippen LogP contribution in [-0.4, -0.2) is 48.5 Å². The number of hydrogen-bond donors (Lipinski definition) is 1. The van der Waals surface area contributed by atoms with Gasteiger partial charge in [0.05, 0.1) is 18.3 Å². The van der Waals surface area contributed by atoms with Crippen LogP contribution in [0, 0.1) is 0 Å². The predicted molar refractivity (Wildman–Crippen MR) is 82.4 cm³/mol. The molecule has 0 spiro atoms. The first-order valence-corrected chi connectivity index (χ1v) is 8.13. The van der Waals surface area contributed by atoms with Crippen molar-refractivity contribution in [2.45, 2.75) is 44.4 Å². The van der Waals surface area contributed by atoms with E-state index in [4.69, 9.17) is 4.98 Å². The monoisotopic (exact) mass is 301 g/mol. The fourth-order valence-electron chi connectivity index (χ4n) is 3.45. The Bertz CT molecular complexity index is 644. The third-order valence-electron chi connectivity index (χ3n) is 4.74. The smallest absolute Gasteiger partial charge is 0.112 e. The molecule has 1 fully saturated rings. The van der Waals surface area contributed by atoms with Crippen molar-refractivity contribution in [2.24, 2.45) is 7.05 Å². The van der Waals surface area contributed by atoms with Gasteiger partial charge >= 0.3 is 0 Å². The molecule has 6 nitrogen and oxygen atoms in total. The topological polar surface area (TPSA) is 59.1 Å². The van der Waals surface area contributed by atoms with E-state index in [9.17, 15) is 5.11 Å². The Hall–Kier alpha value is -1.66. The van der Waals surface area contributed by atoms with Gasteiger partial charge in [0.15, 0.2) is 0 Å². The predicted octanol–water partition coefficient (Wildman–Crippen LogP) is 0.913. The van der Waals surface area contributed by atoms with Crippen LogP contribution in [0.2, 0.25) is 0 Å². The highest BCUT2D eigenvalue weighted by Gasteiger charge is 2.32. The molecule has 22 heavy (non-hydrogen) atoms. The van der Waals surface area contributed by atoms with Crippen molar-refractivity contribution in [1.29, 1.82) is 0 Å². The van der Waals surface area contributed by atoms with Crippen LogP contribution in [0.4, 0.5) is 0 Å². The van der Waals surface area contributed by atoms with Crippen LogP contribution in [0.3, 0.4) is 0 Å². The first-order chi connectivity index (χ1) is 10.7. The quantitative estimate of drug-likeness (QED) is 0.892. The summed E-state index contributed by atoms with van der Waals surface area (Å²) in [6.45, 7) is 3.07. The third kappa shape index (κ3) is 2.68. The summed E-state index contributed by atoms with van der Waals surface area (Å²) in [5, 5.41) is 14.4. The standard InChI is InChI=1S/C16H23N5O/c1-19-15-5-8-20(9-13(22)10-21-7-2-6-17-21)11-14(15)18-16(19)12-3-4-12/h2,6-7,12-13,22H,3-5,8-11H2,1H3. The van der Waals surface area contributed by atoms with E-state index in [2.05, 4.69) is 21.6 Å². The highest BCUT2D eigenvalue weighted by molar-refractivity contribution is 5.23. The van der Waals surface area contributed by atoms with Crippen LogP contribution in [0.5, 0.6) is 0 Å². The zero-order chi connectivity index (χ0) is 15.1. The Morgan fingerprint density at radius 2 is 2.23 bits per heavy atom. The van der Waals surface area contributed by atoms with Gasteiger partial charge in [-0.05, 0) is 18.9 Å². The van der Waals surface area contributed by atoms with E-state index >= 15 is 0 Å². The van der Waals surface area contributed by atoms with E-state index in [0.717, 1.165) is 19.5 Å². The van der Waals surface area contributed by atoms with Crippen molar-refractivity contribution >= 4 is 0 Å². The number of hydrogen-bond acceptors (Lipinski definition) is 4. The summed E-state index contributed by atoms with van der Waals surface area (Å²) in [6.07, 6.45) is 6.84. The summed E-state index contributed by atoms with van der Waals surface area (Å²) in [5.74, 6) is 1.96. The number of aromatic nitrogens is 4. The zero-order valence-corrected chi connectivity index (χ0v) is 13.0. The average Bonchev–Trinajstić information content (AvgIpc) is 3.12. The molecule has 0 bridgehead atoms. The highest BCUT2D eigenvalue weighted by Crippen LogP contribution is 2.40. The summed E-state index contributed by atoms with van der Waals surface area (Å²) in [5.41, 5.74) is 2.60. The lowest BCUT2D eigenvalue weighted by molar-refractivity contribution is 0.0879. The molecule has 2 aliphatic rings. The van der Waals surface area contributed by atoms with E-state index in [1.54, 1.807) is 10.9 Å². The van der Waals surface area contributed by atoms with Crippen LogP contribution in [0.15, 0.2) is 18.5 Å². The van der Waals surface area contributed by atoms with E-state index in [1.165, 1.54) is 30.1 Å². The lowest BCUT2D eigenvalue weighted by Gasteiger charge is -2.28. The Morgan fingerprint density at radius 1 is 1.36 bits per heavy atom. The van der Waals surface area contributed by atoms with Crippen molar-refractivity contribution in [2.75, 3.05) is 13.1 Å². The maximum Gasteiger partial charge on any atom is 0.112 e. The molecule has 0 aromatic carbocycles. The molecule has 0 saturated heterocycles. The summed E-state index contributed by atoms with van der Waals surface area (Å²) < 4.78 is 4.09. The molecule has 4 rings (SSSR count). The molecule has 1 aliphatic carbocycles. The molecule has 3 heterocycles. The van der Waals surface area contributed by atoms with Gasteiger partial charge < -0.3 is 9.67 Å². The number of fused-ring (bicyclic) bond motifs is 1. The molecule has 1 N–H and O–H groups in total. The molecule has 0 radical (unpaired) electrons.